The first kappa shape index (κ1) is 18.8. The van der Waals surface area contributed by atoms with Crippen LogP contribution in [-0.2, 0) is 6.54 Å². The number of methoxy groups -OCH3 is 1. The number of likely N-dealkylation sites (tertiary alicyclic amines) is 1. The predicted molar refractivity (Wildman–Crippen MR) is 108 cm³/mol. The first-order valence-electron chi connectivity index (χ1n) is 8.87. The second kappa shape index (κ2) is 8.58. The van der Waals surface area contributed by atoms with E-state index in [1.807, 2.05) is 25.6 Å². The van der Waals surface area contributed by atoms with Gasteiger partial charge in [-0.3, -0.25) is 4.99 Å². The lowest BCUT2D eigenvalue weighted by molar-refractivity contribution is 0.189. The van der Waals surface area contributed by atoms with Crippen LogP contribution >= 0.6 is 15.9 Å². The summed E-state index contributed by atoms with van der Waals surface area (Å²) in [4.78, 5) is 11.0. The number of piperidine rings is 1. The molecule has 26 heavy (non-hydrogen) atoms. The van der Waals surface area contributed by atoms with Crippen LogP contribution in [0, 0.1) is 5.92 Å². The van der Waals surface area contributed by atoms with E-state index >= 15 is 0 Å². The van der Waals surface area contributed by atoms with Crippen molar-refractivity contribution in [2.45, 2.75) is 25.9 Å². The summed E-state index contributed by atoms with van der Waals surface area (Å²) < 4.78 is 8.46. The largest absolute Gasteiger partial charge is 0.496 e. The van der Waals surface area contributed by atoms with Crippen LogP contribution in [0.3, 0.4) is 0 Å². The van der Waals surface area contributed by atoms with Crippen molar-refractivity contribution in [2.24, 2.45) is 10.9 Å². The number of rotatable bonds is 4. The van der Waals surface area contributed by atoms with E-state index in [1.165, 1.54) is 5.56 Å². The summed E-state index contributed by atoms with van der Waals surface area (Å²) in [5.74, 6) is 2.40. The molecule has 2 unspecified atom stereocenters. The Kier molecular flexibility index (Phi) is 6.19. The number of nitrogens with zero attached hydrogens (tertiary/aromatic N) is 4. The maximum atomic E-state index is 5.29. The van der Waals surface area contributed by atoms with E-state index < -0.39 is 0 Å². The van der Waals surface area contributed by atoms with Crippen LogP contribution < -0.4 is 10.1 Å². The number of ether oxygens (including phenoxy) is 1. The number of hydrogen-bond acceptors (Lipinski definition) is 3. The average molecular weight is 420 g/mol. The van der Waals surface area contributed by atoms with E-state index in [4.69, 9.17) is 4.74 Å². The van der Waals surface area contributed by atoms with Crippen LogP contribution in [0.5, 0.6) is 5.75 Å². The molecule has 1 aromatic carbocycles. The van der Waals surface area contributed by atoms with Gasteiger partial charge in [-0.05, 0) is 46.0 Å². The Morgan fingerprint density at radius 3 is 2.96 bits per heavy atom. The lowest BCUT2D eigenvalue weighted by Gasteiger charge is -2.39. The van der Waals surface area contributed by atoms with Crippen molar-refractivity contribution in [1.82, 2.24) is 19.8 Å². The fourth-order valence-corrected chi connectivity index (χ4v) is 4.02. The third kappa shape index (κ3) is 4.20. The van der Waals surface area contributed by atoms with Crippen molar-refractivity contribution in [1.29, 1.82) is 0 Å². The number of guanidine groups is 1. The molecule has 0 bridgehead atoms. The second-order valence-corrected chi connectivity index (χ2v) is 7.51. The number of benzene rings is 1. The standard InChI is InChI=1S/C19H26BrN5O/c1-14-6-8-24(12-17(14)25-9-7-22-13-25)19(21-2)23-11-15-4-5-18(26-3)16(20)10-15/h4-5,7,9-10,13-14,17H,6,8,11-12H2,1-3H3,(H,21,23). The summed E-state index contributed by atoms with van der Waals surface area (Å²) in [5.41, 5.74) is 1.18. The maximum absolute atomic E-state index is 5.29. The molecule has 1 saturated heterocycles. The van der Waals surface area contributed by atoms with Gasteiger partial charge in [0.1, 0.15) is 5.75 Å². The molecule has 1 aromatic heterocycles. The minimum Gasteiger partial charge on any atom is -0.496 e. The number of nitrogens with one attached hydrogen (secondary N) is 1. The minimum atomic E-state index is 0.417. The third-order valence-corrected chi connectivity index (χ3v) is 5.62. The van der Waals surface area contributed by atoms with Gasteiger partial charge in [0.2, 0.25) is 0 Å². The molecule has 0 aliphatic carbocycles. The molecule has 1 aliphatic heterocycles. The highest BCUT2D eigenvalue weighted by atomic mass is 79.9. The zero-order valence-corrected chi connectivity index (χ0v) is 17.1. The van der Waals surface area contributed by atoms with Gasteiger partial charge in [-0.1, -0.05) is 13.0 Å². The van der Waals surface area contributed by atoms with E-state index in [0.717, 1.165) is 42.2 Å². The van der Waals surface area contributed by atoms with Crippen molar-refractivity contribution in [3.63, 3.8) is 0 Å². The molecular weight excluding hydrogens is 394 g/mol. The van der Waals surface area contributed by atoms with Gasteiger partial charge in [0.05, 0.1) is 24.0 Å². The van der Waals surface area contributed by atoms with Crippen LogP contribution in [0.2, 0.25) is 0 Å². The molecule has 1 fully saturated rings. The SMILES string of the molecule is CN=C(NCc1ccc(OC)c(Br)c1)N1CCC(C)C(n2ccnc2)C1. The average Bonchev–Trinajstić information content (AvgIpc) is 3.18. The van der Waals surface area contributed by atoms with E-state index in [1.54, 1.807) is 7.11 Å². The first-order valence-corrected chi connectivity index (χ1v) is 9.67. The fraction of sp³-hybridized carbons (Fsp3) is 0.474. The monoisotopic (exact) mass is 419 g/mol. The lowest BCUT2D eigenvalue weighted by Crippen LogP contribution is -2.48. The van der Waals surface area contributed by atoms with Gasteiger partial charge in [0.25, 0.3) is 0 Å². The van der Waals surface area contributed by atoms with Gasteiger partial charge in [-0.2, -0.15) is 0 Å². The molecule has 140 valence electrons. The number of aromatic nitrogens is 2. The Balaban J connectivity index is 1.64. The Labute approximate surface area is 163 Å². The zero-order chi connectivity index (χ0) is 18.5. The Bertz CT molecular complexity index is 746. The number of aliphatic imine (C=N–C) groups is 1. The molecule has 2 atom stereocenters. The van der Waals surface area contributed by atoms with Crippen LogP contribution in [0.1, 0.15) is 24.9 Å². The predicted octanol–water partition coefficient (Wildman–Crippen LogP) is 3.31. The van der Waals surface area contributed by atoms with Crippen LogP contribution in [0.25, 0.3) is 0 Å². The molecule has 1 N–H and O–H groups in total. The maximum Gasteiger partial charge on any atom is 0.193 e. The highest BCUT2D eigenvalue weighted by Gasteiger charge is 2.28. The first-order chi connectivity index (χ1) is 12.6. The molecule has 0 amide bonds. The molecule has 0 saturated carbocycles. The van der Waals surface area contributed by atoms with Gasteiger partial charge < -0.3 is 19.5 Å². The highest BCUT2D eigenvalue weighted by Crippen LogP contribution is 2.28. The van der Waals surface area contributed by atoms with Crippen molar-refractivity contribution >= 4 is 21.9 Å². The normalized spacial score (nSPS) is 20.9. The van der Waals surface area contributed by atoms with Gasteiger partial charge in [-0.25, -0.2) is 4.98 Å². The quantitative estimate of drug-likeness (QED) is 0.609. The summed E-state index contributed by atoms with van der Waals surface area (Å²) in [6.45, 7) is 4.98. The second-order valence-electron chi connectivity index (χ2n) is 6.66. The van der Waals surface area contributed by atoms with E-state index in [0.29, 0.717) is 12.0 Å². The summed E-state index contributed by atoms with van der Waals surface area (Å²) in [7, 11) is 3.52. The van der Waals surface area contributed by atoms with Gasteiger partial charge in [0, 0.05) is 39.1 Å². The summed E-state index contributed by atoms with van der Waals surface area (Å²) >= 11 is 3.54. The summed E-state index contributed by atoms with van der Waals surface area (Å²) in [5, 5.41) is 3.49. The molecule has 7 heteroatoms. The van der Waals surface area contributed by atoms with Crippen LogP contribution in [0.4, 0.5) is 0 Å². The molecule has 2 heterocycles. The van der Waals surface area contributed by atoms with Crippen molar-refractivity contribution in [2.75, 3.05) is 27.2 Å². The van der Waals surface area contributed by atoms with Gasteiger partial charge >= 0.3 is 0 Å². The number of hydrogen-bond donors (Lipinski definition) is 1. The van der Waals surface area contributed by atoms with Crippen molar-refractivity contribution in [3.05, 3.63) is 47.0 Å². The van der Waals surface area contributed by atoms with Crippen LogP contribution in [0.15, 0.2) is 46.4 Å². The topological polar surface area (TPSA) is 54.7 Å². The molecule has 0 radical (unpaired) electrons. The fourth-order valence-electron chi connectivity index (χ4n) is 3.43. The Hall–Kier alpha value is -2.02. The molecule has 2 aromatic rings. The molecule has 0 spiro atoms. The Morgan fingerprint density at radius 1 is 1.46 bits per heavy atom. The van der Waals surface area contributed by atoms with E-state index in [2.05, 4.69) is 65.9 Å². The number of halogens is 1. The third-order valence-electron chi connectivity index (χ3n) is 5.00. The summed E-state index contributed by atoms with van der Waals surface area (Å²) in [6.07, 6.45) is 6.95. The number of imidazole rings is 1. The summed E-state index contributed by atoms with van der Waals surface area (Å²) in [6, 6.07) is 6.53. The Morgan fingerprint density at radius 2 is 2.31 bits per heavy atom. The van der Waals surface area contributed by atoms with Gasteiger partial charge in [-0.15, -0.1) is 0 Å². The smallest absolute Gasteiger partial charge is 0.193 e. The van der Waals surface area contributed by atoms with E-state index in [-0.39, 0.29) is 0 Å². The van der Waals surface area contributed by atoms with Crippen molar-refractivity contribution in [3.8, 4) is 5.75 Å². The van der Waals surface area contributed by atoms with E-state index in [9.17, 15) is 0 Å². The van der Waals surface area contributed by atoms with Crippen molar-refractivity contribution < 1.29 is 4.74 Å². The molecular formula is C19H26BrN5O. The van der Waals surface area contributed by atoms with Gasteiger partial charge in [0.15, 0.2) is 5.96 Å². The molecule has 1 aliphatic rings. The molecule has 6 nitrogen and oxygen atoms in total. The minimum absolute atomic E-state index is 0.417. The van der Waals surface area contributed by atoms with Crippen LogP contribution in [-0.4, -0.2) is 47.7 Å². The molecule has 3 rings (SSSR count). The zero-order valence-electron chi connectivity index (χ0n) is 15.5. The highest BCUT2D eigenvalue weighted by molar-refractivity contribution is 9.10. The lowest BCUT2D eigenvalue weighted by atomic mass is 9.93.